The van der Waals surface area contributed by atoms with E-state index in [1.165, 1.54) is 12.1 Å². The van der Waals surface area contributed by atoms with E-state index >= 15 is 0 Å². The van der Waals surface area contributed by atoms with E-state index in [1.54, 1.807) is 0 Å². The fraction of sp³-hybridized carbons (Fsp3) is 0.455. The van der Waals surface area contributed by atoms with Crippen molar-refractivity contribution >= 4 is 17.1 Å². The average molecular weight is 269 g/mol. The molecule has 0 aliphatic heterocycles. The van der Waals surface area contributed by atoms with Crippen molar-refractivity contribution in [2.45, 2.75) is 20.0 Å². The van der Waals surface area contributed by atoms with E-state index in [1.807, 2.05) is 13.8 Å². The first-order valence-electron chi connectivity index (χ1n) is 5.70. The van der Waals surface area contributed by atoms with E-state index in [0.29, 0.717) is 13.2 Å². The molecule has 1 aromatic rings. The first kappa shape index (κ1) is 14.8. The lowest BCUT2D eigenvalue weighted by Crippen LogP contribution is -2.13. The van der Waals surface area contributed by atoms with Crippen LogP contribution in [-0.2, 0) is 4.74 Å². The Kier molecular flexibility index (Phi) is 5.19. The molecule has 0 heterocycles. The molecule has 0 saturated heterocycles. The number of hydrogen-bond donors (Lipinski definition) is 1. The third-order valence-electron chi connectivity index (χ3n) is 2.26. The minimum absolute atomic E-state index is 0.0775. The van der Waals surface area contributed by atoms with Crippen LogP contribution in [0.3, 0.4) is 0 Å². The predicted octanol–water partition coefficient (Wildman–Crippen LogP) is 2.34. The van der Waals surface area contributed by atoms with Crippen LogP contribution >= 0.6 is 0 Å². The van der Waals surface area contributed by atoms with Crippen molar-refractivity contribution in [2.75, 3.05) is 18.5 Å². The first-order valence-corrected chi connectivity index (χ1v) is 5.70. The van der Waals surface area contributed by atoms with Gasteiger partial charge in [-0.1, -0.05) is 0 Å². The fourth-order valence-corrected chi connectivity index (χ4v) is 1.41. The van der Waals surface area contributed by atoms with Gasteiger partial charge in [0.05, 0.1) is 28.6 Å². The largest absolute Gasteiger partial charge is 0.377 e. The van der Waals surface area contributed by atoms with Crippen molar-refractivity contribution in [1.29, 1.82) is 0 Å². The first-order chi connectivity index (χ1) is 8.91. The van der Waals surface area contributed by atoms with Crippen molar-refractivity contribution in [1.82, 2.24) is 0 Å². The topological polar surface area (TPSA) is 108 Å². The molecule has 104 valence electrons. The Balaban J connectivity index is 2.77. The molecule has 0 bridgehead atoms. The van der Waals surface area contributed by atoms with Gasteiger partial charge >= 0.3 is 0 Å². The standard InChI is InChI=1S/C11H15N3O5/c1-8(2)19-6-5-12-10-4-3-9(13(15)16)7-11(10)14(17)18/h3-4,7-8,12H,5-6H2,1-2H3. The van der Waals surface area contributed by atoms with Gasteiger partial charge in [-0.3, -0.25) is 20.2 Å². The van der Waals surface area contributed by atoms with Crippen molar-refractivity contribution < 1.29 is 14.6 Å². The Hall–Kier alpha value is -2.22. The summed E-state index contributed by atoms with van der Waals surface area (Å²) in [6.07, 6.45) is 0.0775. The van der Waals surface area contributed by atoms with Crippen LogP contribution in [0.5, 0.6) is 0 Å². The van der Waals surface area contributed by atoms with Crippen molar-refractivity contribution in [3.63, 3.8) is 0 Å². The van der Waals surface area contributed by atoms with Gasteiger partial charge in [0.25, 0.3) is 11.4 Å². The minimum atomic E-state index is -0.668. The minimum Gasteiger partial charge on any atom is -0.377 e. The summed E-state index contributed by atoms with van der Waals surface area (Å²) >= 11 is 0. The van der Waals surface area contributed by atoms with Crippen molar-refractivity contribution in [3.8, 4) is 0 Å². The maximum Gasteiger partial charge on any atom is 0.299 e. The molecule has 0 aliphatic carbocycles. The molecular formula is C11H15N3O5. The number of nitrogens with one attached hydrogen (secondary N) is 1. The monoisotopic (exact) mass is 269 g/mol. The number of nitro groups is 2. The third-order valence-corrected chi connectivity index (χ3v) is 2.26. The summed E-state index contributed by atoms with van der Waals surface area (Å²) < 4.78 is 5.29. The Morgan fingerprint density at radius 3 is 2.47 bits per heavy atom. The van der Waals surface area contributed by atoms with E-state index in [0.717, 1.165) is 6.07 Å². The zero-order chi connectivity index (χ0) is 14.4. The molecular weight excluding hydrogens is 254 g/mol. The van der Waals surface area contributed by atoms with Gasteiger partial charge < -0.3 is 10.1 Å². The number of nitrogens with zero attached hydrogens (tertiary/aromatic N) is 2. The number of hydrogen-bond acceptors (Lipinski definition) is 6. The van der Waals surface area contributed by atoms with Crippen molar-refractivity contribution in [2.24, 2.45) is 0 Å². The number of non-ortho nitro benzene ring substituents is 1. The molecule has 19 heavy (non-hydrogen) atoms. The summed E-state index contributed by atoms with van der Waals surface area (Å²) in [7, 11) is 0. The Morgan fingerprint density at radius 1 is 1.26 bits per heavy atom. The molecule has 0 unspecified atom stereocenters. The fourth-order valence-electron chi connectivity index (χ4n) is 1.41. The van der Waals surface area contributed by atoms with E-state index in [9.17, 15) is 20.2 Å². The molecule has 0 spiro atoms. The van der Waals surface area contributed by atoms with E-state index in [4.69, 9.17) is 4.74 Å². The Labute approximate surface area is 109 Å². The molecule has 0 radical (unpaired) electrons. The lowest BCUT2D eigenvalue weighted by Gasteiger charge is -2.09. The summed E-state index contributed by atoms with van der Waals surface area (Å²) in [6.45, 7) is 4.55. The van der Waals surface area contributed by atoms with Crippen LogP contribution in [0.15, 0.2) is 18.2 Å². The number of ether oxygens (including phenoxy) is 1. The lowest BCUT2D eigenvalue weighted by atomic mass is 10.2. The van der Waals surface area contributed by atoms with Gasteiger partial charge in [0.15, 0.2) is 0 Å². The summed E-state index contributed by atoms with van der Waals surface area (Å²) in [5.41, 5.74) is -0.391. The highest BCUT2D eigenvalue weighted by molar-refractivity contribution is 5.65. The van der Waals surface area contributed by atoms with Gasteiger partial charge in [0.2, 0.25) is 0 Å². The number of nitro benzene ring substituents is 2. The number of rotatable bonds is 7. The molecule has 1 rings (SSSR count). The van der Waals surface area contributed by atoms with Crippen LogP contribution in [0.1, 0.15) is 13.8 Å². The number of anilines is 1. The van der Waals surface area contributed by atoms with Gasteiger partial charge in [0.1, 0.15) is 5.69 Å². The molecule has 0 aromatic heterocycles. The lowest BCUT2D eigenvalue weighted by molar-refractivity contribution is -0.393. The van der Waals surface area contributed by atoms with Gasteiger partial charge in [-0.05, 0) is 19.9 Å². The second kappa shape index (κ2) is 6.64. The van der Waals surface area contributed by atoms with Crippen LogP contribution in [0.4, 0.5) is 17.1 Å². The summed E-state index contributed by atoms with van der Waals surface area (Å²) in [5.74, 6) is 0. The normalized spacial score (nSPS) is 10.5. The summed E-state index contributed by atoms with van der Waals surface area (Å²) in [5, 5.41) is 24.2. The highest BCUT2D eigenvalue weighted by Gasteiger charge is 2.18. The molecule has 1 N–H and O–H groups in total. The molecule has 0 fully saturated rings. The second-order valence-electron chi connectivity index (χ2n) is 4.06. The molecule has 8 heteroatoms. The van der Waals surface area contributed by atoms with Crippen LogP contribution in [0.2, 0.25) is 0 Å². The molecule has 0 atom stereocenters. The van der Waals surface area contributed by atoms with E-state index in [-0.39, 0.29) is 23.2 Å². The SMILES string of the molecule is CC(C)OCCNc1ccc([N+](=O)[O-])cc1[N+](=O)[O-]. The maximum atomic E-state index is 10.8. The highest BCUT2D eigenvalue weighted by atomic mass is 16.6. The van der Waals surface area contributed by atoms with Crippen LogP contribution < -0.4 is 5.32 Å². The predicted molar refractivity (Wildman–Crippen MR) is 69.3 cm³/mol. The molecule has 8 nitrogen and oxygen atoms in total. The van der Waals surface area contributed by atoms with Crippen LogP contribution in [-0.4, -0.2) is 29.1 Å². The van der Waals surface area contributed by atoms with Crippen LogP contribution in [0.25, 0.3) is 0 Å². The molecule has 0 saturated carbocycles. The highest BCUT2D eigenvalue weighted by Crippen LogP contribution is 2.28. The second-order valence-corrected chi connectivity index (χ2v) is 4.06. The van der Waals surface area contributed by atoms with Gasteiger partial charge in [0, 0.05) is 12.6 Å². The quantitative estimate of drug-likeness (QED) is 0.462. The van der Waals surface area contributed by atoms with Gasteiger partial charge in [-0.15, -0.1) is 0 Å². The van der Waals surface area contributed by atoms with E-state index in [2.05, 4.69) is 5.32 Å². The zero-order valence-corrected chi connectivity index (χ0v) is 10.7. The van der Waals surface area contributed by atoms with Gasteiger partial charge in [-0.25, -0.2) is 0 Å². The Morgan fingerprint density at radius 2 is 1.95 bits per heavy atom. The van der Waals surface area contributed by atoms with Crippen LogP contribution in [0, 0.1) is 20.2 Å². The van der Waals surface area contributed by atoms with Crippen molar-refractivity contribution in [3.05, 3.63) is 38.4 Å². The third kappa shape index (κ3) is 4.51. The molecule has 0 amide bonds. The summed E-state index contributed by atoms with van der Waals surface area (Å²) in [4.78, 5) is 20.1. The molecule has 0 aliphatic rings. The smallest absolute Gasteiger partial charge is 0.299 e. The van der Waals surface area contributed by atoms with E-state index < -0.39 is 9.85 Å². The Bertz CT molecular complexity index is 475. The zero-order valence-electron chi connectivity index (χ0n) is 10.7. The average Bonchev–Trinajstić information content (AvgIpc) is 2.34. The van der Waals surface area contributed by atoms with Gasteiger partial charge in [-0.2, -0.15) is 0 Å². The summed E-state index contributed by atoms with van der Waals surface area (Å²) in [6, 6.07) is 3.48. The maximum absolute atomic E-state index is 10.8. The molecule has 1 aromatic carbocycles. The number of benzene rings is 1.